The van der Waals surface area contributed by atoms with Crippen LogP contribution in [0.25, 0.3) is 33.8 Å². The van der Waals surface area contributed by atoms with Crippen LogP contribution in [0.3, 0.4) is 0 Å². The maximum Gasteiger partial charge on any atom is 0.243 e. The Bertz CT molecular complexity index is 3410. The number of nitrogens with zero attached hydrogens (tertiary/aromatic N) is 10. The molecule has 10 rings (SSSR count). The van der Waals surface area contributed by atoms with E-state index in [9.17, 15) is 5.11 Å². The second kappa shape index (κ2) is 20.8. The molecular weight excluding hydrogens is 911 g/mol. The topological polar surface area (TPSA) is 177 Å². The number of rotatable bonds is 15. The summed E-state index contributed by atoms with van der Waals surface area (Å²) in [6.45, 7) is 17.8. The van der Waals surface area contributed by atoms with E-state index in [1.54, 1.807) is 35.3 Å². The predicted molar refractivity (Wildman–Crippen MR) is 285 cm³/mol. The molecule has 0 saturated heterocycles. The minimum atomic E-state index is -1.15. The van der Waals surface area contributed by atoms with Crippen molar-refractivity contribution >= 4 is 17.2 Å². The molecule has 2 unspecified atom stereocenters. The first-order valence-electron chi connectivity index (χ1n) is 24.5. The number of hydrogen-bond acceptors (Lipinski definition) is 12. The number of benzene rings is 4. The highest BCUT2D eigenvalue weighted by molar-refractivity contribution is 5.63. The lowest BCUT2D eigenvalue weighted by atomic mass is 9.68. The molecule has 3 N–H and O–H groups in total. The highest BCUT2D eigenvalue weighted by Gasteiger charge is 2.34. The summed E-state index contributed by atoms with van der Waals surface area (Å²) in [5.41, 5.74) is 15.9. The molecule has 14 heteroatoms. The van der Waals surface area contributed by atoms with Crippen molar-refractivity contribution < 1.29 is 14.6 Å². The molecular formula is C59H61N11O3. The van der Waals surface area contributed by atoms with Gasteiger partial charge < -0.3 is 20.3 Å². The van der Waals surface area contributed by atoms with E-state index in [0.717, 1.165) is 45.4 Å². The van der Waals surface area contributed by atoms with Gasteiger partial charge in [-0.2, -0.15) is 19.2 Å². The number of nitrogen functional groups attached to an aromatic ring is 1. The lowest BCUT2D eigenvalue weighted by molar-refractivity contribution is 0.0665. The van der Waals surface area contributed by atoms with Gasteiger partial charge in [0.15, 0.2) is 17.1 Å². The Labute approximate surface area is 426 Å². The number of pyridine rings is 2. The zero-order chi connectivity index (χ0) is 51.3. The van der Waals surface area contributed by atoms with Gasteiger partial charge in [0.25, 0.3) is 0 Å². The maximum absolute atomic E-state index is 10.4. The zero-order valence-electron chi connectivity index (χ0n) is 42.5. The van der Waals surface area contributed by atoms with E-state index in [2.05, 4.69) is 150 Å². The number of nitrogens with two attached hydrogens (primary N) is 1. The third-order valence-electron chi connectivity index (χ3n) is 14.1. The summed E-state index contributed by atoms with van der Waals surface area (Å²) < 4.78 is 15.0. The first-order valence-corrected chi connectivity index (χ1v) is 24.5. The van der Waals surface area contributed by atoms with Crippen molar-refractivity contribution in [2.45, 2.75) is 85.0 Å². The molecule has 0 bridgehead atoms. The van der Waals surface area contributed by atoms with Gasteiger partial charge in [0.05, 0.1) is 22.8 Å². The van der Waals surface area contributed by atoms with E-state index in [0.29, 0.717) is 42.2 Å². The number of hydrogen-bond donors (Lipinski definition) is 2. The van der Waals surface area contributed by atoms with Gasteiger partial charge in [0, 0.05) is 34.4 Å². The second-order valence-electron chi connectivity index (χ2n) is 19.8. The lowest BCUT2D eigenvalue weighted by Crippen LogP contribution is -2.30. The van der Waals surface area contributed by atoms with E-state index in [1.807, 2.05) is 84.9 Å². The molecule has 6 heterocycles. The molecule has 14 nitrogen and oxygen atoms in total. The summed E-state index contributed by atoms with van der Waals surface area (Å²) >= 11 is 0. The average molecular weight is 972 g/mol. The fraction of sp³-hybridized carbons (Fsp3) is 0.254. The van der Waals surface area contributed by atoms with Gasteiger partial charge in [-0.1, -0.05) is 126 Å². The van der Waals surface area contributed by atoms with Gasteiger partial charge in [0.1, 0.15) is 30.3 Å². The first-order chi connectivity index (χ1) is 35.1. The number of aromatic nitrogens is 10. The fourth-order valence-electron chi connectivity index (χ4n) is 9.00. The van der Waals surface area contributed by atoms with E-state index < -0.39 is 5.60 Å². The van der Waals surface area contributed by atoms with Crippen molar-refractivity contribution in [3.63, 3.8) is 0 Å². The van der Waals surface area contributed by atoms with Crippen LogP contribution in [0.5, 0.6) is 11.5 Å². The Morgan fingerprint density at radius 2 is 0.877 bits per heavy atom. The maximum atomic E-state index is 10.4. The monoisotopic (exact) mass is 971 g/mol. The Kier molecular flexibility index (Phi) is 14.1. The lowest BCUT2D eigenvalue weighted by Gasteiger charge is -2.35. The Balaban J connectivity index is 0.000000180. The quantitative estimate of drug-likeness (QED) is 0.0995. The van der Waals surface area contributed by atoms with Crippen molar-refractivity contribution in [1.29, 1.82) is 0 Å². The predicted octanol–water partition coefficient (Wildman–Crippen LogP) is 11.3. The molecule has 0 amide bonds. The number of anilines is 1. The molecule has 0 spiro atoms. The van der Waals surface area contributed by atoms with E-state index >= 15 is 0 Å². The SMILES string of the molecule is CC(C)C(C)(c1ccc(OCc2ccccn2)cc1)c1ccc(-c2ccc3nnc(C(C)(C)O)n3n2)cc1.CC(C)C(C)(c1ccc(OCc2ccccn2)cc1)c1ccc(-c2ccc3nnc(N)n3n2)cc1. The fourth-order valence-corrected chi connectivity index (χ4v) is 9.00. The molecule has 0 aliphatic heterocycles. The van der Waals surface area contributed by atoms with Crippen molar-refractivity contribution in [2.75, 3.05) is 5.73 Å². The highest BCUT2D eigenvalue weighted by Crippen LogP contribution is 2.42. The number of ether oxygens (including phenoxy) is 2. The smallest absolute Gasteiger partial charge is 0.243 e. The summed E-state index contributed by atoms with van der Waals surface area (Å²) in [4.78, 5) is 8.64. The van der Waals surface area contributed by atoms with E-state index in [-0.39, 0.29) is 16.8 Å². The summed E-state index contributed by atoms with van der Waals surface area (Å²) in [5.74, 6) is 3.07. The number of fused-ring (bicyclic) bond motifs is 2. The molecule has 2 atom stereocenters. The molecule has 6 aromatic heterocycles. The molecule has 0 aliphatic carbocycles. The van der Waals surface area contributed by atoms with Crippen LogP contribution in [-0.4, -0.2) is 54.7 Å². The van der Waals surface area contributed by atoms with Crippen LogP contribution < -0.4 is 15.2 Å². The molecule has 370 valence electrons. The van der Waals surface area contributed by atoms with Gasteiger partial charge in [-0.25, -0.2) is 0 Å². The van der Waals surface area contributed by atoms with Crippen LogP contribution in [0.2, 0.25) is 0 Å². The van der Waals surface area contributed by atoms with Crippen LogP contribution in [0.15, 0.2) is 170 Å². The van der Waals surface area contributed by atoms with Crippen LogP contribution in [-0.2, 0) is 29.6 Å². The standard InChI is InChI=1S/C31H33N5O2.C28H28N6O/c1-21(2)31(5,24-13-15-26(16-14-24)38-20-25-8-6-7-19-32-25)23-11-9-22(10-12-23)27-17-18-28-33-34-29(30(3,4)37)36(28)35-27;1-19(2)28(3,22-11-13-24(14-12-22)35-18-23-6-4-5-17-30-23)21-9-7-20(8-10-21)25-15-16-26-31-32-27(29)34(26)33-25/h6-19,21,37H,20H2,1-5H3;4-17,19H,18H2,1-3H3,(H2,29,32). The Morgan fingerprint density at radius 1 is 0.479 bits per heavy atom. The van der Waals surface area contributed by atoms with Crippen LogP contribution >= 0.6 is 0 Å². The van der Waals surface area contributed by atoms with E-state index in [4.69, 9.17) is 20.3 Å². The molecule has 4 aromatic carbocycles. The molecule has 10 aromatic rings. The summed E-state index contributed by atoms with van der Waals surface area (Å²) in [6.07, 6.45) is 3.55. The minimum absolute atomic E-state index is 0.172. The van der Waals surface area contributed by atoms with Crippen molar-refractivity contribution in [1.82, 2.24) is 49.6 Å². The van der Waals surface area contributed by atoms with Gasteiger partial charge >= 0.3 is 0 Å². The summed E-state index contributed by atoms with van der Waals surface area (Å²) in [7, 11) is 0. The Morgan fingerprint density at radius 3 is 1.27 bits per heavy atom. The summed E-state index contributed by atoms with van der Waals surface area (Å²) in [5, 5.41) is 35.9. The third kappa shape index (κ3) is 10.5. The summed E-state index contributed by atoms with van der Waals surface area (Å²) in [6, 6.07) is 53.2. The first kappa shape index (κ1) is 49.6. The highest BCUT2D eigenvalue weighted by atomic mass is 16.5. The largest absolute Gasteiger partial charge is 0.487 e. The van der Waals surface area contributed by atoms with Gasteiger partial charge in [-0.05, 0) is 121 Å². The molecule has 0 fully saturated rings. The van der Waals surface area contributed by atoms with Crippen molar-refractivity contribution in [2.24, 2.45) is 11.8 Å². The van der Waals surface area contributed by atoms with Crippen LogP contribution in [0, 0.1) is 11.8 Å². The second-order valence-corrected chi connectivity index (χ2v) is 19.8. The third-order valence-corrected chi connectivity index (χ3v) is 14.1. The van der Waals surface area contributed by atoms with Gasteiger partial charge in [-0.15, -0.1) is 20.4 Å². The zero-order valence-corrected chi connectivity index (χ0v) is 42.5. The molecule has 0 radical (unpaired) electrons. The molecule has 0 aliphatic rings. The van der Waals surface area contributed by atoms with Gasteiger partial charge in [0.2, 0.25) is 5.95 Å². The minimum Gasteiger partial charge on any atom is -0.487 e. The van der Waals surface area contributed by atoms with Crippen molar-refractivity contribution in [3.8, 4) is 34.0 Å². The van der Waals surface area contributed by atoms with Crippen LogP contribution in [0.4, 0.5) is 5.95 Å². The average Bonchev–Trinajstić information content (AvgIpc) is 4.03. The number of aliphatic hydroxyl groups is 1. The Hall–Kier alpha value is -8.36. The molecule has 0 saturated carbocycles. The normalized spacial score (nSPS) is 13.4. The van der Waals surface area contributed by atoms with Gasteiger partial charge in [-0.3, -0.25) is 9.97 Å². The molecule has 73 heavy (non-hydrogen) atoms. The van der Waals surface area contributed by atoms with E-state index in [1.165, 1.54) is 22.3 Å². The van der Waals surface area contributed by atoms with Crippen LogP contribution in [0.1, 0.15) is 94.9 Å². The van der Waals surface area contributed by atoms with Crippen molar-refractivity contribution in [3.05, 3.63) is 210 Å².